The fourth-order valence-corrected chi connectivity index (χ4v) is 5.04. The number of nitrogens with zero attached hydrogens (tertiary/aromatic N) is 10. The van der Waals surface area contributed by atoms with Gasteiger partial charge in [-0.1, -0.05) is 11.3 Å². The van der Waals surface area contributed by atoms with Crippen molar-refractivity contribution in [2.75, 3.05) is 19.7 Å². The smallest absolute Gasteiger partial charge is 0.191 e. The molecular formula is C28H29FN10O2. The number of piperidine rings is 1. The number of likely N-dealkylation sites (tertiary alicyclic amines) is 1. The Hall–Kier alpha value is -4.67. The lowest BCUT2D eigenvalue weighted by molar-refractivity contribution is 0.0283. The summed E-state index contributed by atoms with van der Waals surface area (Å²) in [6.45, 7) is 5.94. The number of aliphatic hydroxyl groups is 1. The maximum absolute atomic E-state index is 13.3. The highest BCUT2D eigenvalue weighted by Crippen LogP contribution is 2.32. The SMILES string of the molecule is CC(C)(O)COc1cc(-c2cnn([C@@H]3CCCN(Cc4ccc(-n5cc(F)cn5)nc4)C3)c2)c2c(C#N)nnn2c1. The van der Waals surface area contributed by atoms with E-state index in [0.717, 1.165) is 55.4 Å². The monoisotopic (exact) mass is 556 g/mol. The van der Waals surface area contributed by atoms with E-state index < -0.39 is 11.4 Å². The number of pyridine rings is 2. The molecule has 1 saturated heterocycles. The van der Waals surface area contributed by atoms with Gasteiger partial charge < -0.3 is 9.84 Å². The Morgan fingerprint density at radius 3 is 2.78 bits per heavy atom. The maximum atomic E-state index is 13.3. The first-order valence-electron chi connectivity index (χ1n) is 13.3. The lowest BCUT2D eigenvalue weighted by Crippen LogP contribution is -2.36. The number of hydrogen-bond donors (Lipinski definition) is 1. The Labute approximate surface area is 235 Å². The Morgan fingerprint density at radius 2 is 2.05 bits per heavy atom. The molecule has 6 rings (SSSR count). The molecule has 5 aromatic rings. The fraction of sp³-hybridized carbons (Fsp3) is 0.357. The van der Waals surface area contributed by atoms with Crippen molar-refractivity contribution >= 4 is 5.52 Å². The van der Waals surface area contributed by atoms with E-state index in [1.807, 2.05) is 29.1 Å². The molecule has 41 heavy (non-hydrogen) atoms. The van der Waals surface area contributed by atoms with E-state index in [1.165, 1.54) is 15.4 Å². The van der Waals surface area contributed by atoms with E-state index in [4.69, 9.17) is 9.84 Å². The van der Waals surface area contributed by atoms with E-state index >= 15 is 0 Å². The van der Waals surface area contributed by atoms with Gasteiger partial charge in [0.05, 0.1) is 36.4 Å². The van der Waals surface area contributed by atoms with Crippen molar-refractivity contribution in [3.05, 3.63) is 72.5 Å². The number of nitriles is 1. The third kappa shape index (κ3) is 5.79. The molecule has 0 radical (unpaired) electrons. The minimum absolute atomic E-state index is 0.0922. The van der Waals surface area contributed by atoms with Crippen LogP contribution in [0.15, 0.2) is 55.4 Å². The Kier molecular flexibility index (Phi) is 6.94. The molecule has 1 fully saturated rings. The highest BCUT2D eigenvalue weighted by Gasteiger charge is 2.24. The van der Waals surface area contributed by atoms with E-state index in [1.54, 1.807) is 32.4 Å². The second-order valence-corrected chi connectivity index (χ2v) is 10.9. The molecule has 13 heteroatoms. The summed E-state index contributed by atoms with van der Waals surface area (Å²) >= 11 is 0. The number of halogens is 1. The first kappa shape index (κ1) is 26.5. The first-order chi connectivity index (χ1) is 19.8. The third-order valence-electron chi connectivity index (χ3n) is 6.95. The quantitative estimate of drug-likeness (QED) is 0.306. The van der Waals surface area contributed by atoms with Gasteiger partial charge in [0.15, 0.2) is 17.3 Å². The Morgan fingerprint density at radius 1 is 1.17 bits per heavy atom. The molecule has 5 aromatic heterocycles. The molecule has 0 aliphatic carbocycles. The van der Waals surface area contributed by atoms with E-state index in [-0.39, 0.29) is 18.3 Å². The van der Waals surface area contributed by atoms with Crippen LogP contribution in [-0.4, -0.2) is 74.7 Å². The minimum atomic E-state index is -1.01. The largest absolute Gasteiger partial charge is 0.489 e. The second-order valence-electron chi connectivity index (χ2n) is 10.9. The number of aromatic nitrogens is 8. The molecule has 1 aliphatic rings. The summed E-state index contributed by atoms with van der Waals surface area (Å²) < 4.78 is 24.0. The first-order valence-corrected chi connectivity index (χ1v) is 13.3. The van der Waals surface area contributed by atoms with Crippen LogP contribution in [0.2, 0.25) is 0 Å². The highest BCUT2D eigenvalue weighted by atomic mass is 19.1. The van der Waals surface area contributed by atoms with Crippen LogP contribution in [0.25, 0.3) is 22.5 Å². The van der Waals surface area contributed by atoms with Crippen LogP contribution in [0.1, 0.15) is 44.0 Å². The summed E-state index contributed by atoms with van der Waals surface area (Å²) in [6.07, 6.45) is 11.7. The van der Waals surface area contributed by atoms with Crippen molar-refractivity contribution in [3.8, 4) is 28.8 Å². The van der Waals surface area contributed by atoms with Crippen LogP contribution < -0.4 is 4.74 Å². The van der Waals surface area contributed by atoms with Crippen molar-refractivity contribution in [2.45, 2.75) is 44.9 Å². The zero-order chi connectivity index (χ0) is 28.6. The average molecular weight is 557 g/mol. The molecule has 0 unspecified atom stereocenters. The highest BCUT2D eigenvalue weighted by molar-refractivity contribution is 5.83. The van der Waals surface area contributed by atoms with E-state index in [0.29, 0.717) is 17.1 Å². The number of hydrogen-bond acceptors (Lipinski definition) is 9. The summed E-state index contributed by atoms with van der Waals surface area (Å²) in [4.78, 5) is 6.81. The van der Waals surface area contributed by atoms with Gasteiger partial charge in [-0.2, -0.15) is 15.5 Å². The molecule has 6 heterocycles. The van der Waals surface area contributed by atoms with Crippen LogP contribution in [0.5, 0.6) is 5.75 Å². The number of rotatable bonds is 8. The van der Waals surface area contributed by atoms with Crippen molar-refractivity contribution in [1.82, 2.24) is 44.3 Å². The Bertz CT molecular complexity index is 1710. The van der Waals surface area contributed by atoms with Gasteiger partial charge in [0, 0.05) is 36.6 Å². The van der Waals surface area contributed by atoms with Crippen molar-refractivity contribution < 1.29 is 14.2 Å². The van der Waals surface area contributed by atoms with E-state index in [2.05, 4.69) is 31.4 Å². The molecule has 12 nitrogen and oxygen atoms in total. The molecule has 0 saturated carbocycles. The second kappa shape index (κ2) is 10.7. The zero-order valence-electron chi connectivity index (χ0n) is 22.7. The predicted molar refractivity (Wildman–Crippen MR) is 146 cm³/mol. The van der Waals surface area contributed by atoms with Gasteiger partial charge in [-0.15, -0.1) is 5.10 Å². The summed E-state index contributed by atoms with van der Waals surface area (Å²) in [5, 5.41) is 36.5. The Balaban J connectivity index is 1.20. The van der Waals surface area contributed by atoms with Crippen LogP contribution in [-0.2, 0) is 6.54 Å². The van der Waals surface area contributed by atoms with Gasteiger partial charge in [-0.05, 0) is 50.9 Å². The van der Waals surface area contributed by atoms with Gasteiger partial charge in [0.25, 0.3) is 0 Å². The topological polar surface area (TPSA) is 135 Å². The van der Waals surface area contributed by atoms with Crippen LogP contribution in [0.3, 0.4) is 0 Å². The lowest BCUT2D eigenvalue weighted by Gasteiger charge is -2.32. The predicted octanol–water partition coefficient (Wildman–Crippen LogP) is 3.17. The van der Waals surface area contributed by atoms with Gasteiger partial charge >= 0.3 is 0 Å². The number of fused-ring (bicyclic) bond motifs is 1. The van der Waals surface area contributed by atoms with Gasteiger partial charge in [-0.3, -0.25) is 9.58 Å². The van der Waals surface area contributed by atoms with Gasteiger partial charge in [0.2, 0.25) is 0 Å². The summed E-state index contributed by atoms with van der Waals surface area (Å²) in [6, 6.07) is 7.93. The molecular weight excluding hydrogens is 527 g/mol. The van der Waals surface area contributed by atoms with Crippen LogP contribution >= 0.6 is 0 Å². The van der Waals surface area contributed by atoms with Crippen LogP contribution in [0, 0.1) is 17.1 Å². The minimum Gasteiger partial charge on any atom is -0.489 e. The lowest BCUT2D eigenvalue weighted by atomic mass is 10.0. The molecule has 1 aliphatic heterocycles. The van der Waals surface area contributed by atoms with Crippen molar-refractivity contribution in [2.24, 2.45) is 0 Å². The summed E-state index contributed by atoms with van der Waals surface area (Å²) in [5.41, 5.74) is 2.37. The van der Waals surface area contributed by atoms with E-state index in [9.17, 15) is 14.8 Å². The molecule has 0 aromatic carbocycles. The maximum Gasteiger partial charge on any atom is 0.191 e. The molecule has 1 N–H and O–H groups in total. The number of ether oxygens (including phenoxy) is 1. The molecule has 210 valence electrons. The molecule has 1 atom stereocenters. The standard InChI is InChI=1S/C28H29FN10O2/c1-28(2,40)18-41-23-8-24(27-25(9-30)34-35-39(27)17-23)20-11-32-37(14-20)22-4-3-7-36(16-22)13-19-5-6-26(31-10-19)38-15-21(29)12-33-38/h5-6,8,10-12,14-15,17,22,40H,3-4,7,13,16,18H2,1-2H3/t22-/m1/s1. The molecule has 0 spiro atoms. The van der Waals surface area contributed by atoms with Crippen LogP contribution in [0.4, 0.5) is 4.39 Å². The third-order valence-corrected chi connectivity index (χ3v) is 6.95. The summed E-state index contributed by atoms with van der Waals surface area (Å²) in [7, 11) is 0. The summed E-state index contributed by atoms with van der Waals surface area (Å²) in [5.74, 6) is 0.660. The normalized spacial score (nSPS) is 16.2. The fourth-order valence-electron chi connectivity index (χ4n) is 5.04. The molecule has 0 amide bonds. The molecule has 0 bridgehead atoms. The van der Waals surface area contributed by atoms with Gasteiger partial charge in [0.1, 0.15) is 23.9 Å². The zero-order valence-corrected chi connectivity index (χ0v) is 22.7. The van der Waals surface area contributed by atoms with Gasteiger partial charge in [-0.25, -0.2) is 18.6 Å². The van der Waals surface area contributed by atoms with Crippen molar-refractivity contribution in [1.29, 1.82) is 5.26 Å². The van der Waals surface area contributed by atoms with Crippen molar-refractivity contribution in [3.63, 3.8) is 0 Å². The average Bonchev–Trinajstić information content (AvgIpc) is 3.71.